The van der Waals surface area contributed by atoms with Crippen molar-refractivity contribution in [3.05, 3.63) is 95.2 Å². The van der Waals surface area contributed by atoms with Gasteiger partial charge in [0, 0.05) is 29.3 Å². The van der Waals surface area contributed by atoms with Crippen molar-refractivity contribution in [3.63, 3.8) is 0 Å². The molecule has 6 nitrogen and oxygen atoms in total. The second-order valence-corrected chi connectivity index (χ2v) is 11.0. The van der Waals surface area contributed by atoms with Gasteiger partial charge in [0.2, 0.25) is 5.91 Å². The third kappa shape index (κ3) is 7.10. The number of fused-ring (bicyclic) bond motifs is 1. The fraction of sp³-hybridized carbons (Fsp3) is 0.273. The van der Waals surface area contributed by atoms with Crippen molar-refractivity contribution >= 4 is 33.8 Å². The molecule has 5 aromatic rings. The van der Waals surface area contributed by atoms with Crippen LogP contribution in [0.25, 0.3) is 33.3 Å². The Hall–Kier alpha value is -4.10. The SMILES string of the molecule is CCC(=O)CCCCC[C@H](NC(=O)Cc1nc(-c2ccccc2)cs1)c1ncc(-c2ccc3ccccc3c2)[nH]1. The Kier molecular flexibility index (Phi) is 9.14. The number of benzene rings is 3. The maximum absolute atomic E-state index is 13.2. The minimum absolute atomic E-state index is 0.0798. The van der Waals surface area contributed by atoms with E-state index >= 15 is 0 Å². The van der Waals surface area contributed by atoms with Crippen LogP contribution < -0.4 is 5.32 Å². The monoisotopic (exact) mass is 550 g/mol. The minimum atomic E-state index is -0.253. The molecule has 2 heterocycles. The van der Waals surface area contributed by atoms with Gasteiger partial charge < -0.3 is 10.3 Å². The number of nitrogens with one attached hydrogen (secondary N) is 2. The molecule has 0 bridgehead atoms. The number of ketones is 1. The van der Waals surface area contributed by atoms with Crippen LogP contribution in [0.4, 0.5) is 0 Å². The molecule has 0 saturated carbocycles. The first kappa shape index (κ1) is 27.5. The van der Waals surface area contributed by atoms with Crippen LogP contribution in [0.3, 0.4) is 0 Å². The number of carbonyl (C=O) groups excluding carboxylic acids is 2. The van der Waals surface area contributed by atoms with Crippen molar-refractivity contribution in [2.24, 2.45) is 0 Å². The lowest BCUT2D eigenvalue weighted by Gasteiger charge is -2.17. The fourth-order valence-corrected chi connectivity index (χ4v) is 5.64. The summed E-state index contributed by atoms with van der Waals surface area (Å²) in [5.41, 5.74) is 3.90. The topological polar surface area (TPSA) is 87.7 Å². The summed E-state index contributed by atoms with van der Waals surface area (Å²) in [6.07, 6.45) is 6.70. The number of Topliss-reactive ketones (excluding diaryl/α,β-unsaturated/α-hetero) is 1. The Morgan fingerprint density at radius 2 is 1.73 bits per heavy atom. The number of thiazole rings is 1. The van der Waals surface area contributed by atoms with E-state index in [4.69, 9.17) is 0 Å². The molecule has 1 atom stereocenters. The Balaban J connectivity index is 1.28. The second kappa shape index (κ2) is 13.3. The van der Waals surface area contributed by atoms with Crippen molar-refractivity contribution in [2.45, 2.75) is 57.9 Å². The normalized spacial score (nSPS) is 11.9. The van der Waals surface area contributed by atoms with Crippen LogP contribution in [0.1, 0.15) is 62.3 Å². The first-order valence-corrected chi connectivity index (χ1v) is 14.8. The molecular formula is C33H34N4O2S. The van der Waals surface area contributed by atoms with Crippen LogP contribution in [-0.2, 0) is 16.0 Å². The Bertz CT molecular complexity index is 1570. The van der Waals surface area contributed by atoms with Crippen LogP contribution in [0.2, 0.25) is 0 Å². The Morgan fingerprint density at radius 1 is 0.925 bits per heavy atom. The fourth-order valence-electron chi connectivity index (χ4n) is 4.83. The first-order chi connectivity index (χ1) is 19.6. The highest BCUT2D eigenvalue weighted by Gasteiger charge is 2.19. The number of imidazole rings is 1. The summed E-state index contributed by atoms with van der Waals surface area (Å²) in [4.78, 5) is 37.7. The Labute approximate surface area is 238 Å². The van der Waals surface area contributed by atoms with Gasteiger partial charge in [-0.05, 0) is 29.7 Å². The standard InChI is InChI=1S/C33H34N4O2S/c1-2-27(38)15-7-4-8-16-28(35-31(39)20-32-36-30(22-40-32)24-12-5-3-6-13-24)33-34-21-29(37-33)26-18-17-23-11-9-10-14-25(23)19-26/h3,5-6,9-14,17-19,21-22,28H,2,4,7-8,15-16,20H2,1H3,(H,34,37)(H,35,39)/t28-/m0/s1. The molecule has 2 N–H and O–H groups in total. The van der Waals surface area contributed by atoms with Gasteiger partial charge in [-0.15, -0.1) is 11.3 Å². The van der Waals surface area contributed by atoms with Crippen molar-refractivity contribution in [1.29, 1.82) is 0 Å². The van der Waals surface area contributed by atoms with Crippen LogP contribution >= 0.6 is 11.3 Å². The number of amides is 1. The molecule has 0 aliphatic carbocycles. The number of hydrogen-bond acceptors (Lipinski definition) is 5. The van der Waals surface area contributed by atoms with E-state index in [1.807, 2.05) is 61.0 Å². The van der Waals surface area contributed by atoms with Crippen molar-refractivity contribution < 1.29 is 9.59 Å². The molecular weight excluding hydrogens is 516 g/mol. The molecule has 0 unspecified atom stereocenters. The van der Waals surface area contributed by atoms with Crippen LogP contribution in [0, 0.1) is 0 Å². The number of aromatic amines is 1. The highest BCUT2D eigenvalue weighted by Crippen LogP contribution is 2.26. The average Bonchev–Trinajstić information content (AvgIpc) is 3.67. The van der Waals surface area contributed by atoms with Gasteiger partial charge in [0.05, 0.1) is 30.0 Å². The Morgan fingerprint density at radius 3 is 2.55 bits per heavy atom. The van der Waals surface area contributed by atoms with Gasteiger partial charge in [-0.2, -0.15) is 0 Å². The molecule has 2 aromatic heterocycles. The lowest BCUT2D eigenvalue weighted by Crippen LogP contribution is -2.30. The van der Waals surface area contributed by atoms with E-state index in [1.54, 1.807) is 0 Å². The molecule has 0 aliphatic heterocycles. The number of aromatic nitrogens is 3. The van der Waals surface area contributed by atoms with Gasteiger partial charge in [0.1, 0.15) is 16.6 Å². The summed E-state index contributed by atoms with van der Waals surface area (Å²) in [5.74, 6) is 0.961. The smallest absolute Gasteiger partial charge is 0.227 e. The summed E-state index contributed by atoms with van der Waals surface area (Å²) in [7, 11) is 0. The molecule has 0 saturated heterocycles. The molecule has 0 aliphatic rings. The highest BCUT2D eigenvalue weighted by molar-refractivity contribution is 7.10. The minimum Gasteiger partial charge on any atom is -0.346 e. The average molecular weight is 551 g/mol. The van der Waals surface area contributed by atoms with E-state index in [1.165, 1.54) is 22.1 Å². The molecule has 0 spiro atoms. The number of H-pyrrole nitrogens is 1. The molecule has 40 heavy (non-hydrogen) atoms. The van der Waals surface area contributed by atoms with E-state index in [0.29, 0.717) is 18.6 Å². The molecule has 0 radical (unpaired) electrons. The van der Waals surface area contributed by atoms with Gasteiger partial charge >= 0.3 is 0 Å². The zero-order valence-electron chi connectivity index (χ0n) is 22.7. The molecule has 3 aromatic carbocycles. The van der Waals surface area contributed by atoms with Gasteiger partial charge in [-0.25, -0.2) is 9.97 Å². The van der Waals surface area contributed by atoms with Crippen LogP contribution in [-0.4, -0.2) is 26.6 Å². The van der Waals surface area contributed by atoms with Gasteiger partial charge in [-0.3, -0.25) is 9.59 Å². The number of nitrogens with zero attached hydrogens (tertiary/aromatic N) is 2. The molecule has 0 fully saturated rings. The molecule has 7 heteroatoms. The molecule has 1 amide bonds. The summed E-state index contributed by atoms with van der Waals surface area (Å²) in [5, 5.41) is 8.34. The quantitative estimate of drug-likeness (QED) is 0.147. The van der Waals surface area contributed by atoms with E-state index in [2.05, 4.69) is 50.6 Å². The third-order valence-electron chi connectivity index (χ3n) is 7.10. The van der Waals surface area contributed by atoms with Gasteiger partial charge in [0.25, 0.3) is 0 Å². The van der Waals surface area contributed by atoms with Crippen LogP contribution in [0.15, 0.2) is 84.4 Å². The third-order valence-corrected chi connectivity index (χ3v) is 7.95. The predicted molar refractivity (Wildman–Crippen MR) is 162 cm³/mol. The van der Waals surface area contributed by atoms with Crippen LogP contribution in [0.5, 0.6) is 0 Å². The maximum atomic E-state index is 13.2. The maximum Gasteiger partial charge on any atom is 0.227 e. The second-order valence-electron chi connectivity index (χ2n) is 10.0. The molecule has 5 rings (SSSR count). The largest absolute Gasteiger partial charge is 0.346 e. The number of carbonyl (C=O) groups is 2. The van der Waals surface area contributed by atoms with E-state index in [9.17, 15) is 9.59 Å². The zero-order valence-corrected chi connectivity index (χ0v) is 23.5. The van der Waals surface area contributed by atoms with Gasteiger partial charge in [0.15, 0.2) is 0 Å². The van der Waals surface area contributed by atoms with Gasteiger partial charge in [-0.1, -0.05) is 86.5 Å². The number of rotatable bonds is 13. The van der Waals surface area contributed by atoms with E-state index in [0.717, 1.165) is 59.0 Å². The van der Waals surface area contributed by atoms with Crippen molar-refractivity contribution in [1.82, 2.24) is 20.3 Å². The number of unbranched alkanes of at least 4 members (excludes halogenated alkanes) is 2. The van der Waals surface area contributed by atoms with Crippen molar-refractivity contribution in [3.8, 4) is 22.5 Å². The molecule has 204 valence electrons. The zero-order chi connectivity index (χ0) is 27.7. The summed E-state index contributed by atoms with van der Waals surface area (Å²) in [6.45, 7) is 1.91. The van der Waals surface area contributed by atoms with E-state index < -0.39 is 0 Å². The van der Waals surface area contributed by atoms with Crippen molar-refractivity contribution in [2.75, 3.05) is 0 Å². The number of hydrogen-bond donors (Lipinski definition) is 2. The summed E-state index contributed by atoms with van der Waals surface area (Å²) < 4.78 is 0. The summed E-state index contributed by atoms with van der Waals surface area (Å²) >= 11 is 1.50. The first-order valence-electron chi connectivity index (χ1n) is 13.9. The lowest BCUT2D eigenvalue weighted by molar-refractivity contribution is -0.121. The predicted octanol–water partition coefficient (Wildman–Crippen LogP) is 7.68. The van der Waals surface area contributed by atoms with E-state index in [-0.39, 0.29) is 18.4 Å². The highest BCUT2D eigenvalue weighted by atomic mass is 32.1. The lowest BCUT2D eigenvalue weighted by atomic mass is 10.0. The summed E-state index contributed by atoms with van der Waals surface area (Å²) in [6, 6.07) is 24.4.